The summed E-state index contributed by atoms with van der Waals surface area (Å²) < 4.78 is 5.20. The summed E-state index contributed by atoms with van der Waals surface area (Å²) in [6.07, 6.45) is 0. The zero-order chi connectivity index (χ0) is 18.8. The molecule has 1 N–H and O–H groups in total. The lowest BCUT2D eigenvalue weighted by atomic mass is 10.1. The van der Waals surface area contributed by atoms with E-state index in [-0.39, 0.29) is 11.5 Å². The molecule has 0 saturated heterocycles. The number of carbonyl (C=O) groups excluding carboxylic acids is 2. The van der Waals surface area contributed by atoms with E-state index in [2.05, 4.69) is 5.32 Å². The average Bonchev–Trinajstić information content (AvgIpc) is 2.62. The number of carbonyl (C=O) groups is 2. The van der Waals surface area contributed by atoms with Gasteiger partial charge in [-0.1, -0.05) is 24.3 Å². The van der Waals surface area contributed by atoms with Gasteiger partial charge in [-0.25, -0.2) is 4.79 Å². The standard InChI is InChI=1S/C20H18N2O4/c1-12-8-9-14(19(24)22(2)3)11-16(12)21-18(23)15-10-13-6-4-5-7-17(13)26-20(15)25/h4-11H,1-3H3,(H,21,23). The molecule has 2 aromatic carbocycles. The van der Waals surface area contributed by atoms with E-state index in [0.29, 0.717) is 22.2 Å². The van der Waals surface area contributed by atoms with Gasteiger partial charge < -0.3 is 14.6 Å². The van der Waals surface area contributed by atoms with E-state index >= 15 is 0 Å². The molecule has 2 amide bonds. The van der Waals surface area contributed by atoms with Crippen LogP contribution in [0.2, 0.25) is 0 Å². The number of hydrogen-bond donors (Lipinski definition) is 1. The molecule has 0 bridgehead atoms. The molecule has 0 fully saturated rings. The van der Waals surface area contributed by atoms with E-state index in [1.54, 1.807) is 56.6 Å². The van der Waals surface area contributed by atoms with E-state index in [4.69, 9.17) is 4.42 Å². The number of aryl methyl sites for hydroxylation is 1. The van der Waals surface area contributed by atoms with E-state index in [1.165, 1.54) is 11.0 Å². The van der Waals surface area contributed by atoms with Gasteiger partial charge in [0.15, 0.2) is 0 Å². The van der Waals surface area contributed by atoms with Gasteiger partial charge in [0.05, 0.1) is 0 Å². The lowest BCUT2D eigenvalue weighted by Gasteiger charge is -2.13. The van der Waals surface area contributed by atoms with Crippen molar-refractivity contribution in [2.75, 3.05) is 19.4 Å². The summed E-state index contributed by atoms with van der Waals surface area (Å²) in [7, 11) is 3.31. The number of amides is 2. The number of hydrogen-bond acceptors (Lipinski definition) is 4. The highest BCUT2D eigenvalue weighted by atomic mass is 16.4. The van der Waals surface area contributed by atoms with Crippen molar-refractivity contribution in [2.24, 2.45) is 0 Å². The van der Waals surface area contributed by atoms with Crippen LogP contribution < -0.4 is 10.9 Å². The Labute approximate surface area is 150 Å². The topological polar surface area (TPSA) is 79.6 Å². The Morgan fingerprint density at radius 2 is 1.77 bits per heavy atom. The first-order chi connectivity index (χ1) is 12.4. The van der Waals surface area contributed by atoms with Crippen LogP contribution in [-0.2, 0) is 0 Å². The number of para-hydroxylation sites is 1. The van der Waals surface area contributed by atoms with Crippen molar-refractivity contribution >= 4 is 28.5 Å². The summed E-state index contributed by atoms with van der Waals surface area (Å²) in [6, 6.07) is 13.5. The van der Waals surface area contributed by atoms with Crippen LogP contribution in [0.1, 0.15) is 26.3 Å². The molecule has 6 heteroatoms. The first-order valence-corrected chi connectivity index (χ1v) is 8.03. The Morgan fingerprint density at radius 1 is 1.04 bits per heavy atom. The van der Waals surface area contributed by atoms with Gasteiger partial charge in [0, 0.05) is 30.7 Å². The van der Waals surface area contributed by atoms with E-state index in [0.717, 1.165) is 5.56 Å². The lowest BCUT2D eigenvalue weighted by Crippen LogP contribution is -2.23. The largest absolute Gasteiger partial charge is 0.422 e. The third-order valence-corrected chi connectivity index (χ3v) is 4.02. The predicted octanol–water partition coefficient (Wildman–Crippen LogP) is 3.06. The summed E-state index contributed by atoms with van der Waals surface area (Å²) in [4.78, 5) is 38.3. The van der Waals surface area contributed by atoms with Crippen LogP contribution in [0.4, 0.5) is 5.69 Å². The molecule has 0 saturated carbocycles. The second kappa shape index (κ2) is 6.84. The number of rotatable bonds is 3. The van der Waals surface area contributed by atoms with Gasteiger partial charge >= 0.3 is 5.63 Å². The number of anilines is 1. The molecule has 0 aliphatic heterocycles. The van der Waals surface area contributed by atoms with Crippen molar-refractivity contribution in [3.8, 4) is 0 Å². The second-order valence-electron chi connectivity index (χ2n) is 6.17. The van der Waals surface area contributed by atoms with Gasteiger partial charge in [-0.15, -0.1) is 0 Å². The molecule has 0 aliphatic rings. The second-order valence-corrected chi connectivity index (χ2v) is 6.17. The Bertz CT molecular complexity index is 1070. The fraction of sp³-hybridized carbons (Fsp3) is 0.150. The molecule has 0 atom stereocenters. The van der Waals surface area contributed by atoms with Crippen LogP contribution in [0, 0.1) is 6.92 Å². The Morgan fingerprint density at radius 3 is 2.50 bits per heavy atom. The quantitative estimate of drug-likeness (QED) is 0.736. The fourth-order valence-corrected chi connectivity index (χ4v) is 2.56. The highest BCUT2D eigenvalue weighted by molar-refractivity contribution is 6.06. The first kappa shape index (κ1) is 17.4. The summed E-state index contributed by atoms with van der Waals surface area (Å²) in [5.74, 6) is -0.757. The minimum atomic E-state index is -0.709. The highest BCUT2D eigenvalue weighted by Crippen LogP contribution is 2.19. The van der Waals surface area contributed by atoms with Crippen LogP contribution in [0.5, 0.6) is 0 Å². The third-order valence-electron chi connectivity index (χ3n) is 4.02. The maximum Gasteiger partial charge on any atom is 0.349 e. The molecule has 3 aromatic rings. The molecule has 3 rings (SSSR count). The number of benzene rings is 2. The Balaban J connectivity index is 1.95. The van der Waals surface area contributed by atoms with Gasteiger partial charge in [0.1, 0.15) is 11.1 Å². The average molecular weight is 350 g/mol. The smallest absolute Gasteiger partial charge is 0.349 e. The zero-order valence-electron chi connectivity index (χ0n) is 14.7. The van der Waals surface area contributed by atoms with E-state index in [9.17, 15) is 14.4 Å². The van der Waals surface area contributed by atoms with Crippen LogP contribution in [0.15, 0.2) is 57.7 Å². The predicted molar refractivity (Wildman–Crippen MR) is 99.6 cm³/mol. The van der Waals surface area contributed by atoms with E-state index < -0.39 is 11.5 Å². The Kier molecular flexibility index (Phi) is 4.58. The summed E-state index contributed by atoms with van der Waals surface area (Å²) in [5.41, 5.74) is 1.31. The summed E-state index contributed by atoms with van der Waals surface area (Å²) in [6.45, 7) is 1.81. The fourth-order valence-electron chi connectivity index (χ4n) is 2.56. The number of fused-ring (bicyclic) bond motifs is 1. The summed E-state index contributed by atoms with van der Waals surface area (Å²) >= 11 is 0. The molecule has 132 valence electrons. The highest BCUT2D eigenvalue weighted by Gasteiger charge is 2.16. The minimum Gasteiger partial charge on any atom is -0.422 e. The van der Waals surface area contributed by atoms with Crippen LogP contribution in [0.3, 0.4) is 0 Å². The lowest BCUT2D eigenvalue weighted by molar-refractivity contribution is 0.0827. The normalized spacial score (nSPS) is 10.6. The van der Waals surface area contributed by atoms with Crippen molar-refractivity contribution in [3.63, 3.8) is 0 Å². The maximum atomic E-state index is 12.6. The zero-order valence-corrected chi connectivity index (χ0v) is 14.7. The van der Waals surface area contributed by atoms with Crippen LogP contribution in [-0.4, -0.2) is 30.8 Å². The molecule has 6 nitrogen and oxygen atoms in total. The molecule has 0 unspecified atom stereocenters. The third kappa shape index (κ3) is 3.35. The van der Waals surface area contributed by atoms with E-state index in [1.807, 2.05) is 6.92 Å². The molecule has 1 heterocycles. The molecule has 26 heavy (non-hydrogen) atoms. The number of nitrogens with zero attached hydrogens (tertiary/aromatic N) is 1. The van der Waals surface area contributed by atoms with Gasteiger partial charge in [0.2, 0.25) is 0 Å². The first-order valence-electron chi connectivity index (χ1n) is 8.03. The minimum absolute atomic E-state index is 0.0903. The van der Waals surface area contributed by atoms with Gasteiger partial charge in [-0.2, -0.15) is 0 Å². The van der Waals surface area contributed by atoms with Gasteiger partial charge in [0.25, 0.3) is 11.8 Å². The molecule has 0 aliphatic carbocycles. The van der Waals surface area contributed by atoms with Crippen molar-refractivity contribution < 1.29 is 14.0 Å². The number of nitrogens with one attached hydrogen (secondary N) is 1. The maximum absolute atomic E-state index is 12.6. The molecular weight excluding hydrogens is 332 g/mol. The van der Waals surface area contributed by atoms with Crippen molar-refractivity contribution in [1.29, 1.82) is 0 Å². The van der Waals surface area contributed by atoms with Crippen molar-refractivity contribution in [2.45, 2.75) is 6.92 Å². The van der Waals surface area contributed by atoms with Crippen molar-refractivity contribution in [1.82, 2.24) is 4.90 Å². The van der Waals surface area contributed by atoms with Crippen LogP contribution in [0.25, 0.3) is 11.0 Å². The van der Waals surface area contributed by atoms with Gasteiger partial charge in [-0.05, 0) is 36.8 Å². The molecular formula is C20H18N2O4. The molecule has 0 spiro atoms. The monoisotopic (exact) mass is 350 g/mol. The SMILES string of the molecule is Cc1ccc(C(=O)N(C)C)cc1NC(=O)c1cc2ccccc2oc1=O. The molecule has 1 aromatic heterocycles. The van der Waals surface area contributed by atoms with Crippen molar-refractivity contribution in [3.05, 3.63) is 75.6 Å². The van der Waals surface area contributed by atoms with Crippen LogP contribution >= 0.6 is 0 Å². The Hall–Kier alpha value is -3.41. The molecule has 0 radical (unpaired) electrons. The summed E-state index contributed by atoms with van der Waals surface area (Å²) in [5, 5.41) is 3.35. The van der Waals surface area contributed by atoms with Gasteiger partial charge in [-0.3, -0.25) is 9.59 Å².